The summed E-state index contributed by atoms with van der Waals surface area (Å²) in [6.45, 7) is 12.1. The SMILES string of the molecule is CCCN(CC)COC(=O)c1cccc(C(=O)OCN(CC)CCC)c1. The summed E-state index contributed by atoms with van der Waals surface area (Å²) in [5, 5.41) is 0. The molecule has 0 atom stereocenters. The van der Waals surface area contributed by atoms with Crippen molar-refractivity contribution < 1.29 is 19.1 Å². The third-order valence-electron chi connectivity index (χ3n) is 4.06. The normalized spacial score (nSPS) is 11.0. The minimum absolute atomic E-state index is 0.250. The number of ether oxygens (including phenoxy) is 2. The number of carbonyl (C=O) groups is 2. The lowest BCUT2D eigenvalue weighted by molar-refractivity contribution is 0.0226. The van der Waals surface area contributed by atoms with Crippen LogP contribution in [-0.4, -0.2) is 61.4 Å². The third kappa shape index (κ3) is 7.54. The number of nitrogens with zero attached hydrogens (tertiary/aromatic N) is 2. The number of hydrogen-bond donors (Lipinski definition) is 0. The highest BCUT2D eigenvalue weighted by Gasteiger charge is 2.14. The maximum atomic E-state index is 12.2. The first kappa shape index (κ1) is 22.1. The van der Waals surface area contributed by atoms with Crippen LogP contribution in [0.3, 0.4) is 0 Å². The van der Waals surface area contributed by atoms with Gasteiger partial charge in [0.15, 0.2) is 0 Å². The molecule has 1 aromatic rings. The standard InChI is InChI=1S/C20H32N2O4/c1-5-12-21(7-3)15-25-19(23)17-10-9-11-18(14-17)20(24)26-16-22(8-4)13-6-2/h9-11,14H,5-8,12-13,15-16H2,1-4H3. The van der Waals surface area contributed by atoms with Gasteiger partial charge in [-0.3, -0.25) is 9.80 Å². The Labute approximate surface area is 157 Å². The van der Waals surface area contributed by atoms with E-state index in [1.807, 2.05) is 23.6 Å². The second-order valence-corrected chi connectivity index (χ2v) is 6.12. The van der Waals surface area contributed by atoms with Gasteiger partial charge in [-0.05, 0) is 44.1 Å². The molecule has 0 aliphatic rings. The Bertz CT molecular complexity index is 517. The zero-order valence-corrected chi connectivity index (χ0v) is 16.5. The van der Waals surface area contributed by atoms with Crippen molar-refractivity contribution >= 4 is 11.9 Å². The van der Waals surface area contributed by atoms with Gasteiger partial charge in [-0.2, -0.15) is 0 Å². The smallest absolute Gasteiger partial charge is 0.339 e. The highest BCUT2D eigenvalue weighted by molar-refractivity contribution is 5.95. The summed E-state index contributed by atoms with van der Waals surface area (Å²) in [7, 11) is 0. The van der Waals surface area contributed by atoms with Gasteiger partial charge in [-0.25, -0.2) is 9.59 Å². The summed E-state index contributed by atoms with van der Waals surface area (Å²) in [4.78, 5) is 28.6. The number of hydrogen-bond acceptors (Lipinski definition) is 6. The van der Waals surface area contributed by atoms with E-state index in [1.54, 1.807) is 18.2 Å². The van der Waals surface area contributed by atoms with Crippen LogP contribution in [0.5, 0.6) is 0 Å². The van der Waals surface area contributed by atoms with Crippen LogP contribution < -0.4 is 0 Å². The lowest BCUT2D eigenvalue weighted by Crippen LogP contribution is -2.29. The van der Waals surface area contributed by atoms with Gasteiger partial charge in [0.05, 0.1) is 11.1 Å². The van der Waals surface area contributed by atoms with E-state index < -0.39 is 11.9 Å². The van der Waals surface area contributed by atoms with Crippen molar-refractivity contribution in [1.29, 1.82) is 0 Å². The molecule has 0 saturated heterocycles. The Morgan fingerprint density at radius 1 is 0.808 bits per heavy atom. The van der Waals surface area contributed by atoms with Crippen LogP contribution in [0.2, 0.25) is 0 Å². The molecule has 0 bridgehead atoms. The van der Waals surface area contributed by atoms with Crippen molar-refractivity contribution in [3.05, 3.63) is 35.4 Å². The van der Waals surface area contributed by atoms with Crippen molar-refractivity contribution in [3.8, 4) is 0 Å². The van der Waals surface area contributed by atoms with Crippen LogP contribution in [0.4, 0.5) is 0 Å². The molecule has 6 nitrogen and oxygen atoms in total. The number of carbonyl (C=O) groups excluding carboxylic acids is 2. The van der Waals surface area contributed by atoms with Gasteiger partial charge in [-0.15, -0.1) is 0 Å². The lowest BCUT2D eigenvalue weighted by atomic mass is 10.1. The quantitative estimate of drug-likeness (QED) is 0.419. The van der Waals surface area contributed by atoms with Gasteiger partial charge in [0.25, 0.3) is 0 Å². The molecule has 0 unspecified atom stereocenters. The largest absolute Gasteiger partial charge is 0.446 e. The van der Waals surface area contributed by atoms with Gasteiger partial charge in [0.2, 0.25) is 0 Å². The molecule has 0 aromatic heterocycles. The Morgan fingerprint density at radius 2 is 1.23 bits per heavy atom. The molecule has 0 spiro atoms. The van der Waals surface area contributed by atoms with E-state index in [1.165, 1.54) is 6.07 Å². The summed E-state index contributed by atoms with van der Waals surface area (Å²) in [5.41, 5.74) is 0.709. The van der Waals surface area contributed by atoms with Gasteiger partial charge in [0.1, 0.15) is 13.5 Å². The van der Waals surface area contributed by atoms with E-state index in [2.05, 4.69) is 13.8 Å². The zero-order valence-electron chi connectivity index (χ0n) is 16.5. The number of rotatable bonds is 12. The van der Waals surface area contributed by atoms with E-state index in [4.69, 9.17) is 9.47 Å². The highest BCUT2D eigenvalue weighted by Crippen LogP contribution is 2.09. The second kappa shape index (κ2) is 12.4. The minimum Gasteiger partial charge on any atom is -0.446 e. The molecular weight excluding hydrogens is 332 g/mol. The van der Waals surface area contributed by atoms with E-state index in [0.29, 0.717) is 11.1 Å². The molecule has 146 valence electrons. The fraction of sp³-hybridized carbons (Fsp3) is 0.600. The van der Waals surface area contributed by atoms with E-state index >= 15 is 0 Å². The van der Waals surface area contributed by atoms with E-state index in [9.17, 15) is 9.59 Å². The molecule has 0 heterocycles. The first-order chi connectivity index (χ1) is 12.5. The maximum Gasteiger partial charge on any atom is 0.339 e. The molecule has 26 heavy (non-hydrogen) atoms. The zero-order chi connectivity index (χ0) is 19.4. The Kier molecular flexibility index (Phi) is 10.6. The van der Waals surface area contributed by atoms with Gasteiger partial charge in [-0.1, -0.05) is 33.8 Å². The monoisotopic (exact) mass is 364 g/mol. The van der Waals surface area contributed by atoms with Crippen molar-refractivity contribution in [3.63, 3.8) is 0 Å². The topological polar surface area (TPSA) is 59.1 Å². The van der Waals surface area contributed by atoms with Crippen molar-refractivity contribution in [2.24, 2.45) is 0 Å². The second-order valence-electron chi connectivity index (χ2n) is 6.12. The lowest BCUT2D eigenvalue weighted by Gasteiger charge is -2.19. The predicted octanol–water partition coefficient (Wildman–Crippen LogP) is 3.38. The highest BCUT2D eigenvalue weighted by atomic mass is 16.5. The summed E-state index contributed by atoms with van der Waals surface area (Å²) in [6.07, 6.45) is 2.00. The molecule has 0 aliphatic heterocycles. The average molecular weight is 364 g/mol. The van der Waals surface area contributed by atoms with Crippen molar-refractivity contribution in [2.75, 3.05) is 39.6 Å². The summed E-state index contributed by atoms with van der Waals surface area (Å²) in [5.74, 6) is -0.870. The Hall–Kier alpha value is -1.92. The van der Waals surface area contributed by atoms with Crippen LogP contribution in [0, 0.1) is 0 Å². The van der Waals surface area contributed by atoms with Gasteiger partial charge >= 0.3 is 11.9 Å². The number of esters is 2. The van der Waals surface area contributed by atoms with Crippen LogP contribution in [-0.2, 0) is 9.47 Å². The van der Waals surface area contributed by atoms with Crippen LogP contribution in [0.15, 0.2) is 24.3 Å². The summed E-state index contributed by atoms with van der Waals surface area (Å²) >= 11 is 0. The molecule has 0 N–H and O–H groups in total. The molecule has 1 rings (SSSR count). The third-order valence-corrected chi connectivity index (χ3v) is 4.06. The fourth-order valence-corrected chi connectivity index (χ4v) is 2.50. The molecule has 0 fully saturated rings. The molecule has 0 amide bonds. The Balaban J connectivity index is 2.63. The van der Waals surface area contributed by atoms with Crippen LogP contribution >= 0.6 is 0 Å². The Morgan fingerprint density at radius 3 is 1.58 bits per heavy atom. The maximum absolute atomic E-state index is 12.2. The number of benzene rings is 1. The van der Waals surface area contributed by atoms with Crippen molar-refractivity contribution in [1.82, 2.24) is 9.80 Å². The average Bonchev–Trinajstić information content (AvgIpc) is 2.67. The van der Waals surface area contributed by atoms with Crippen LogP contribution in [0.1, 0.15) is 61.3 Å². The molecule has 0 radical (unpaired) electrons. The predicted molar refractivity (Wildman–Crippen MR) is 102 cm³/mol. The van der Waals surface area contributed by atoms with Crippen LogP contribution in [0.25, 0.3) is 0 Å². The van der Waals surface area contributed by atoms with Gasteiger partial charge < -0.3 is 9.47 Å². The van der Waals surface area contributed by atoms with Crippen molar-refractivity contribution in [2.45, 2.75) is 40.5 Å². The summed E-state index contributed by atoms with van der Waals surface area (Å²) < 4.78 is 10.7. The first-order valence-electron chi connectivity index (χ1n) is 9.44. The first-order valence-corrected chi connectivity index (χ1v) is 9.44. The molecule has 0 saturated carbocycles. The molecular formula is C20H32N2O4. The molecule has 6 heteroatoms. The minimum atomic E-state index is -0.435. The summed E-state index contributed by atoms with van der Waals surface area (Å²) in [6, 6.07) is 6.48. The molecule has 0 aliphatic carbocycles. The van der Waals surface area contributed by atoms with E-state index in [0.717, 1.165) is 39.0 Å². The van der Waals surface area contributed by atoms with E-state index in [-0.39, 0.29) is 13.5 Å². The van der Waals surface area contributed by atoms with Gasteiger partial charge in [0, 0.05) is 13.1 Å². The molecule has 1 aromatic carbocycles. The fourth-order valence-electron chi connectivity index (χ4n) is 2.50.